The summed E-state index contributed by atoms with van der Waals surface area (Å²) in [4.78, 5) is 0. The number of aromatic nitrogens is 4. The molecule has 0 saturated carbocycles. The quantitative estimate of drug-likeness (QED) is 0.135. The van der Waals surface area contributed by atoms with Crippen molar-refractivity contribution in [1.29, 1.82) is 0 Å². The first-order valence-electron chi connectivity index (χ1n) is 42.9. The second kappa shape index (κ2) is 27.6. The molecule has 4 heterocycles. The molecule has 0 saturated heterocycles. The smallest absolute Gasteiger partial charge is 0.0541 e. The van der Waals surface area contributed by atoms with Crippen molar-refractivity contribution in [3.05, 3.63) is 449 Å². The van der Waals surface area contributed by atoms with Crippen molar-refractivity contribution >= 4 is 184 Å². The van der Waals surface area contributed by atoms with Crippen LogP contribution in [0.2, 0.25) is 0 Å². The number of hydrogen-bond donors (Lipinski definition) is 0. The molecule has 0 fully saturated rings. The summed E-state index contributed by atoms with van der Waals surface area (Å²) in [6, 6.07) is 166. The Hall–Kier alpha value is -16.4. The van der Waals surface area contributed by atoms with Gasteiger partial charge in [0.1, 0.15) is 0 Å². The van der Waals surface area contributed by atoms with Crippen LogP contribution in [0.1, 0.15) is 0 Å². The Morgan fingerprint density at radius 3 is 0.702 bits per heavy atom. The van der Waals surface area contributed by atoms with Gasteiger partial charge in [0.15, 0.2) is 0 Å². The molecule has 0 amide bonds. The molecule has 0 N–H and O–H groups in total. The summed E-state index contributed by atoms with van der Waals surface area (Å²) in [6.07, 6.45) is 0. The average molecular weight is 1570 g/mol. The number of nitrogens with zero attached hydrogens (tertiary/aromatic N) is 4. The van der Waals surface area contributed by atoms with E-state index in [2.05, 4.69) is 467 Å². The van der Waals surface area contributed by atoms with Crippen LogP contribution in [0, 0.1) is 0 Å². The zero-order valence-corrected chi connectivity index (χ0v) is 67.5. The average Bonchev–Trinajstić information content (AvgIpc) is 1.42. The Bertz CT molecular complexity index is 9190. The number of benzene rings is 23. The molecule has 0 spiro atoms. The van der Waals surface area contributed by atoms with Gasteiger partial charge in [0, 0.05) is 65.8 Å². The van der Waals surface area contributed by atoms with Crippen molar-refractivity contribution < 1.29 is 0 Å². The summed E-state index contributed by atoms with van der Waals surface area (Å²) in [6.45, 7) is 0. The predicted molar refractivity (Wildman–Crippen MR) is 530 cm³/mol. The van der Waals surface area contributed by atoms with Gasteiger partial charge in [-0.15, -0.1) is 0 Å². The maximum Gasteiger partial charge on any atom is 0.0541 e. The lowest BCUT2D eigenvalue weighted by Crippen LogP contribution is -1.94. The van der Waals surface area contributed by atoms with Gasteiger partial charge in [-0.3, -0.25) is 0 Å². The van der Waals surface area contributed by atoms with Crippen LogP contribution >= 0.6 is 0 Å². The third-order valence-corrected chi connectivity index (χ3v) is 26.7. The minimum atomic E-state index is 1.16. The minimum absolute atomic E-state index is 1.16. The van der Waals surface area contributed by atoms with E-state index in [0.29, 0.717) is 0 Å². The zero-order chi connectivity index (χ0) is 81.2. The van der Waals surface area contributed by atoms with Crippen molar-refractivity contribution in [2.24, 2.45) is 0 Å². The number of para-hydroxylation sites is 6. The van der Waals surface area contributed by atoms with Gasteiger partial charge in [-0.2, -0.15) is 0 Å². The molecule has 0 aliphatic rings. The largest absolute Gasteiger partial charge is 0.309 e. The van der Waals surface area contributed by atoms with Crippen LogP contribution in [-0.4, -0.2) is 18.3 Å². The van der Waals surface area contributed by atoms with Gasteiger partial charge < -0.3 is 18.3 Å². The van der Waals surface area contributed by atoms with Crippen LogP contribution in [0.25, 0.3) is 251 Å². The Morgan fingerprint density at radius 1 is 0.0968 bits per heavy atom. The lowest BCUT2D eigenvalue weighted by Gasteiger charge is -2.12. The second-order valence-corrected chi connectivity index (χ2v) is 33.4. The third-order valence-electron chi connectivity index (χ3n) is 26.7. The number of fused-ring (bicyclic) bond motifs is 26. The lowest BCUT2D eigenvalue weighted by molar-refractivity contribution is 1.18. The van der Waals surface area contributed by atoms with Gasteiger partial charge in [0.2, 0.25) is 0 Å². The van der Waals surface area contributed by atoms with Gasteiger partial charge >= 0.3 is 0 Å². The number of rotatable bonds is 8. The Balaban J connectivity index is 0.000000133. The van der Waals surface area contributed by atoms with E-state index >= 15 is 0 Å². The molecule has 0 unspecified atom stereocenters. The van der Waals surface area contributed by atoms with Crippen LogP contribution in [-0.2, 0) is 0 Å². The molecule has 27 aromatic rings. The molecular formula is C120H74N4. The van der Waals surface area contributed by atoms with Crippen molar-refractivity contribution in [2.45, 2.75) is 0 Å². The molecule has 4 heteroatoms. The summed E-state index contributed by atoms with van der Waals surface area (Å²) >= 11 is 0. The van der Waals surface area contributed by atoms with Crippen LogP contribution in [0.3, 0.4) is 0 Å². The first-order valence-corrected chi connectivity index (χ1v) is 42.9. The highest BCUT2D eigenvalue weighted by Crippen LogP contribution is 2.45. The van der Waals surface area contributed by atoms with Crippen LogP contribution in [0.4, 0.5) is 0 Å². The van der Waals surface area contributed by atoms with E-state index in [1.807, 2.05) is 0 Å². The topological polar surface area (TPSA) is 19.7 Å². The van der Waals surface area contributed by atoms with E-state index in [9.17, 15) is 0 Å². The van der Waals surface area contributed by atoms with Gasteiger partial charge in [0.05, 0.1) is 44.1 Å². The minimum Gasteiger partial charge on any atom is -0.309 e. The molecule has 27 rings (SSSR count). The Kier molecular flexibility index (Phi) is 15.5. The van der Waals surface area contributed by atoms with E-state index in [0.717, 1.165) is 11.4 Å². The maximum absolute atomic E-state index is 2.43. The van der Waals surface area contributed by atoms with E-state index < -0.39 is 0 Å². The van der Waals surface area contributed by atoms with E-state index in [1.165, 1.54) is 240 Å². The molecule has 124 heavy (non-hydrogen) atoms. The molecule has 0 radical (unpaired) electrons. The van der Waals surface area contributed by atoms with Crippen molar-refractivity contribution in [3.63, 3.8) is 0 Å². The van der Waals surface area contributed by atoms with Gasteiger partial charge in [-0.25, -0.2) is 0 Å². The predicted octanol–water partition coefficient (Wildman–Crippen LogP) is 32.8. The highest BCUT2D eigenvalue weighted by molar-refractivity contribution is 6.21. The first kappa shape index (κ1) is 69.5. The fraction of sp³-hybridized carbons (Fsp3) is 0. The van der Waals surface area contributed by atoms with Crippen molar-refractivity contribution in [2.75, 3.05) is 0 Å². The summed E-state index contributed by atoms with van der Waals surface area (Å²) < 4.78 is 9.62. The van der Waals surface area contributed by atoms with E-state index in [1.54, 1.807) is 0 Å². The van der Waals surface area contributed by atoms with Gasteiger partial charge in [-0.1, -0.05) is 303 Å². The maximum atomic E-state index is 2.43. The molecule has 0 aliphatic carbocycles. The highest BCUT2D eigenvalue weighted by atomic mass is 15.0. The normalized spacial score (nSPS) is 12.0. The fourth-order valence-corrected chi connectivity index (χ4v) is 20.8. The SMILES string of the molecule is c1ccc(-n2c3ccccc3c3cc(-c4ccc5c(c4)c4ccccc4n5-c4ccc5c(ccc6cc(-c7ccc8c(ccc9c%10ccccc%10ccc89)c7)ccc65)c4)ccc32)cc1.c1ccc(-n2c3ccccc3c3cc(-c4ccc5c(c4)c4ccccc4n5-c4ccc5ccc(-c6ccc7c(ccc8c9ccccc9ccc78)c6)cc5c4)ccc32)cc1. The molecular weight excluding hydrogens is 1500 g/mol. The van der Waals surface area contributed by atoms with Crippen LogP contribution in [0.5, 0.6) is 0 Å². The molecule has 0 bridgehead atoms. The molecule has 0 aliphatic heterocycles. The fourth-order valence-electron chi connectivity index (χ4n) is 20.8. The lowest BCUT2D eigenvalue weighted by atomic mass is 9.93. The van der Waals surface area contributed by atoms with E-state index in [4.69, 9.17) is 0 Å². The number of hydrogen-bond acceptors (Lipinski definition) is 0. The summed E-state index contributed by atoms with van der Waals surface area (Å²) in [5, 5.41) is 33.0. The molecule has 4 aromatic heterocycles. The Morgan fingerprint density at radius 2 is 0.315 bits per heavy atom. The standard InChI is InChI=1S/C62H38N2.C58H36N2/c1-2-11-47(12-3-1)63-59-16-8-6-14-55(59)57-37-42(24-32-61(57)63)43-25-33-62-58(38-43)56-15-7-9-17-60(56)64(62)48-26-31-51-46(36-48)19-18-44-34-40(21-27-50(44)51)41-22-28-52-45(35-41)23-30-53-49-13-5-4-10-39(49)20-29-54(52)53;1-2-11-45(12-3-1)59-55-16-8-6-14-51(55)53-35-41(24-30-57(53)59)42-25-31-58-54(36-42)52-15-7-9-17-56(52)60(58)46-26-20-37-18-19-39(33-44(37)34-46)40-22-27-48-43(32-40)23-29-49-47-13-5-4-10-38(47)21-28-50(48)49/h1-38H;1-36H. The first-order chi connectivity index (χ1) is 61.4. The monoisotopic (exact) mass is 1570 g/mol. The Labute approximate surface area is 713 Å². The molecule has 4 nitrogen and oxygen atoms in total. The van der Waals surface area contributed by atoms with Crippen molar-refractivity contribution in [3.8, 4) is 67.3 Å². The second-order valence-electron chi connectivity index (χ2n) is 33.4. The van der Waals surface area contributed by atoms with Gasteiger partial charge in [-0.05, 0) is 287 Å². The zero-order valence-electron chi connectivity index (χ0n) is 67.5. The molecule has 23 aromatic carbocycles. The third kappa shape index (κ3) is 11.0. The molecule has 574 valence electrons. The van der Waals surface area contributed by atoms with E-state index in [-0.39, 0.29) is 0 Å². The summed E-state index contributed by atoms with van der Waals surface area (Å²) in [7, 11) is 0. The highest BCUT2D eigenvalue weighted by Gasteiger charge is 2.22. The van der Waals surface area contributed by atoms with Crippen LogP contribution in [0.15, 0.2) is 449 Å². The van der Waals surface area contributed by atoms with Gasteiger partial charge in [0.25, 0.3) is 0 Å². The van der Waals surface area contributed by atoms with Crippen LogP contribution < -0.4 is 0 Å². The summed E-state index contributed by atoms with van der Waals surface area (Å²) in [5.41, 5.74) is 24.1. The van der Waals surface area contributed by atoms with Crippen molar-refractivity contribution in [1.82, 2.24) is 18.3 Å². The summed E-state index contributed by atoms with van der Waals surface area (Å²) in [5.74, 6) is 0. The molecule has 0 atom stereocenters.